The number of para-hydroxylation sites is 1. The Morgan fingerprint density at radius 3 is 2.33 bits per heavy atom. The van der Waals surface area contributed by atoms with Gasteiger partial charge in [0.15, 0.2) is 17.3 Å². The summed E-state index contributed by atoms with van der Waals surface area (Å²) in [4.78, 5) is 37.5. The van der Waals surface area contributed by atoms with Crippen molar-refractivity contribution in [1.29, 1.82) is 0 Å². The molecule has 0 aliphatic rings. The van der Waals surface area contributed by atoms with Crippen molar-refractivity contribution in [3.8, 4) is 28.7 Å². The second-order valence-corrected chi connectivity index (χ2v) is 9.20. The largest absolute Gasteiger partial charge is 0.493 e. The van der Waals surface area contributed by atoms with Crippen LogP contribution in [0.2, 0.25) is 0 Å². The van der Waals surface area contributed by atoms with E-state index in [1.807, 2.05) is 30.3 Å². The van der Waals surface area contributed by atoms with Gasteiger partial charge in [0, 0.05) is 49.3 Å². The third-order valence-corrected chi connectivity index (χ3v) is 6.44. The fourth-order valence-corrected chi connectivity index (χ4v) is 4.45. The maximum atomic E-state index is 13.4. The van der Waals surface area contributed by atoms with Crippen molar-refractivity contribution in [2.45, 2.75) is 6.42 Å². The zero-order valence-corrected chi connectivity index (χ0v) is 22.6. The minimum Gasteiger partial charge on any atom is -0.493 e. The van der Waals surface area contributed by atoms with Crippen LogP contribution < -0.4 is 24.7 Å². The van der Waals surface area contributed by atoms with Crippen molar-refractivity contribution in [2.75, 3.05) is 33.2 Å². The van der Waals surface area contributed by atoms with Gasteiger partial charge in [-0.3, -0.25) is 24.1 Å². The Morgan fingerprint density at radius 1 is 0.900 bits per heavy atom. The Hall–Kier alpha value is -5.18. The number of rotatable bonds is 9. The Bertz CT molecular complexity index is 1730. The van der Waals surface area contributed by atoms with Gasteiger partial charge in [-0.15, -0.1) is 0 Å². The number of nitrogens with zero attached hydrogens (tertiary/aromatic N) is 4. The van der Waals surface area contributed by atoms with E-state index in [1.54, 1.807) is 88.2 Å². The number of hydrogen-bond acceptors (Lipinski definition) is 8. The summed E-state index contributed by atoms with van der Waals surface area (Å²) in [5.74, 6) is 1.86. The zero-order valence-electron chi connectivity index (χ0n) is 22.6. The fraction of sp³-hybridized carbons (Fsp3) is 0.161. The van der Waals surface area contributed by atoms with E-state index in [-0.39, 0.29) is 23.3 Å². The molecule has 5 rings (SSSR count). The molecular formula is C31H28N4O5. The van der Waals surface area contributed by atoms with Gasteiger partial charge in [-0.2, -0.15) is 0 Å². The van der Waals surface area contributed by atoms with Crippen LogP contribution in [0.4, 0.5) is 5.69 Å². The number of ketones is 1. The van der Waals surface area contributed by atoms with Crippen LogP contribution in [0, 0.1) is 0 Å². The second-order valence-electron chi connectivity index (χ2n) is 9.20. The van der Waals surface area contributed by atoms with Crippen molar-refractivity contribution in [2.24, 2.45) is 0 Å². The summed E-state index contributed by atoms with van der Waals surface area (Å²) in [6.07, 6.45) is 4.84. The van der Waals surface area contributed by atoms with Crippen LogP contribution in [-0.4, -0.2) is 48.6 Å². The Morgan fingerprint density at radius 2 is 1.65 bits per heavy atom. The first-order valence-corrected chi connectivity index (χ1v) is 12.5. The molecular weight excluding hydrogens is 508 g/mol. The molecule has 0 unspecified atom stereocenters. The SMILES string of the molecule is COc1cc2nccc(Oc3ccc(CC(=O)c4c(N(C)C)ccn(-c5ccccc5)c4=O)nc3)c2cc1OC. The summed E-state index contributed by atoms with van der Waals surface area (Å²) in [7, 11) is 6.74. The molecule has 0 bridgehead atoms. The van der Waals surface area contributed by atoms with Gasteiger partial charge >= 0.3 is 0 Å². The maximum absolute atomic E-state index is 13.4. The molecule has 0 spiro atoms. The molecule has 0 atom stereocenters. The molecule has 0 radical (unpaired) electrons. The normalized spacial score (nSPS) is 10.8. The van der Waals surface area contributed by atoms with Crippen molar-refractivity contribution < 1.29 is 19.0 Å². The second kappa shape index (κ2) is 11.3. The van der Waals surface area contributed by atoms with E-state index in [0.717, 1.165) is 5.39 Å². The van der Waals surface area contributed by atoms with E-state index in [9.17, 15) is 9.59 Å². The highest BCUT2D eigenvalue weighted by atomic mass is 16.5. The van der Waals surface area contributed by atoms with Crippen molar-refractivity contribution in [3.63, 3.8) is 0 Å². The molecule has 3 heterocycles. The van der Waals surface area contributed by atoms with Crippen LogP contribution in [0.3, 0.4) is 0 Å². The van der Waals surface area contributed by atoms with Gasteiger partial charge in [-0.25, -0.2) is 0 Å². The summed E-state index contributed by atoms with van der Waals surface area (Å²) in [6.45, 7) is 0. The smallest absolute Gasteiger partial charge is 0.268 e. The third-order valence-electron chi connectivity index (χ3n) is 6.44. The van der Waals surface area contributed by atoms with E-state index in [4.69, 9.17) is 14.2 Å². The lowest BCUT2D eigenvalue weighted by Crippen LogP contribution is -2.29. The van der Waals surface area contributed by atoms with Crippen molar-refractivity contribution >= 4 is 22.4 Å². The van der Waals surface area contributed by atoms with Crippen LogP contribution in [0.5, 0.6) is 23.0 Å². The number of ether oxygens (including phenoxy) is 3. The molecule has 9 nitrogen and oxygen atoms in total. The molecule has 9 heteroatoms. The topological polar surface area (TPSA) is 95.8 Å². The van der Waals surface area contributed by atoms with Gasteiger partial charge in [0.25, 0.3) is 5.56 Å². The highest BCUT2D eigenvalue weighted by molar-refractivity contribution is 6.02. The molecule has 2 aromatic carbocycles. The van der Waals surface area contributed by atoms with Gasteiger partial charge in [-0.05, 0) is 42.5 Å². The quantitative estimate of drug-likeness (QED) is 0.241. The molecule has 0 saturated carbocycles. The third kappa shape index (κ3) is 5.22. The lowest BCUT2D eigenvalue weighted by molar-refractivity contribution is 0.0990. The number of aromatic nitrogens is 3. The molecule has 0 aliphatic heterocycles. The molecule has 202 valence electrons. The van der Waals surface area contributed by atoms with Gasteiger partial charge in [0.1, 0.15) is 17.1 Å². The van der Waals surface area contributed by atoms with Gasteiger partial charge in [0.2, 0.25) is 0 Å². The van der Waals surface area contributed by atoms with Crippen LogP contribution in [0.25, 0.3) is 16.6 Å². The molecule has 0 amide bonds. The number of benzene rings is 2. The minimum atomic E-state index is -0.376. The van der Waals surface area contributed by atoms with E-state index in [0.29, 0.717) is 45.6 Å². The minimum absolute atomic E-state index is 0.0374. The van der Waals surface area contributed by atoms with E-state index in [1.165, 1.54) is 4.57 Å². The molecule has 5 aromatic rings. The number of pyridine rings is 3. The van der Waals surface area contributed by atoms with Crippen molar-refractivity contribution in [3.05, 3.63) is 107 Å². The Kier molecular flexibility index (Phi) is 7.46. The molecule has 3 aromatic heterocycles. The fourth-order valence-electron chi connectivity index (χ4n) is 4.45. The molecule has 0 N–H and O–H groups in total. The summed E-state index contributed by atoms with van der Waals surface area (Å²) in [5.41, 5.74) is 2.18. The molecule has 40 heavy (non-hydrogen) atoms. The highest BCUT2D eigenvalue weighted by Gasteiger charge is 2.21. The summed E-state index contributed by atoms with van der Waals surface area (Å²) in [5, 5.41) is 0.745. The first-order valence-electron chi connectivity index (χ1n) is 12.5. The van der Waals surface area contributed by atoms with Crippen LogP contribution in [-0.2, 0) is 6.42 Å². The average Bonchev–Trinajstić information content (AvgIpc) is 2.97. The van der Waals surface area contributed by atoms with E-state index < -0.39 is 0 Å². The van der Waals surface area contributed by atoms with Crippen molar-refractivity contribution in [1.82, 2.24) is 14.5 Å². The molecule has 0 aliphatic carbocycles. The maximum Gasteiger partial charge on any atom is 0.268 e. The standard InChI is InChI=1S/C31H28N4O5/c1-34(2)25-13-15-35(21-8-6-5-7-9-21)31(37)30(25)26(36)16-20-10-11-22(19-33-20)40-27-12-14-32-24-18-29(39-4)28(38-3)17-23(24)27/h5-15,17-19H,16H2,1-4H3. The number of methoxy groups -OCH3 is 2. The highest BCUT2D eigenvalue weighted by Crippen LogP contribution is 2.36. The number of hydrogen-bond donors (Lipinski definition) is 0. The van der Waals surface area contributed by atoms with Crippen LogP contribution >= 0.6 is 0 Å². The summed E-state index contributed by atoms with van der Waals surface area (Å²) in [6, 6.07) is 19.8. The van der Waals surface area contributed by atoms with E-state index in [2.05, 4.69) is 9.97 Å². The molecule has 0 fully saturated rings. The monoisotopic (exact) mass is 536 g/mol. The van der Waals surface area contributed by atoms with Gasteiger partial charge in [0.05, 0.1) is 38.0 Å². The number of Topliss-reactive ketones (excluding diaryl/α,β-unsaturated/α-hetero) is 1. The Balaban J connectivity index is 1.40. The van der Waals surface area contributed by atoms with Crippen LogP contribution in [0.1, 0.15) is 16.1 Å². The molecule has 0 saturated heterocycles. The Labute approximate surface area is 231 Å². The number of anilines is 1. The first kappa shape index (κ1) is 26.4. The first-order chi connectivity index (χ1) is 19.4. The summed E-state index contributed by atoms with van der Waals surface area (Å²) >= 11 is 0. The van der Waals surface area contributed by atoms with Gasteiger partial charge < -0.3 is 19.1 Å². The van der Waals surface area contributed by atoms with E-state index >= 15 is 0 Å². The number of carbonyl (C=O) groups excluding carboxylic acids is 1. The lowest BCUT2D eigenvalue weighted by atomic mass is 10.0. The summed E-state index contributed by atoms with van der Waals surface area (Å²) < 4.78 is 18.4. The zero-order chi connectivity index (χ0) is 28.2. The van der Waals surface area contributed by atoms with Gasteiger partial charge in [-0.1, -0.05) is 18.2 Å². The average molecular weight is 537 g/mol. The van der Waals surface area contributed by atoms with Crippen LogP contribution in [0.15, 0.2) is 90.1 Å². The number of fused-ring (bicyclic) bond motifs is 1. The predicted octanol–water partition coefficient (Wildman–Crippen LogP) is 5.08. The number of carbonyl (C=O) groups is 1. The lowest BCUT2D eigenvalue weighted by Gasteiger charge is -2.18. The predicted molar refractivity (Wildman–Crippen MR) is 154 cm³/mol.